The molecule has 0 aliphatic carbocycles. The molecular weight excluding hydrogens is 408 g/mol. The monoisotopic (exact) mass is 419 g/mol. The number of aromatic carboxylic acids is 1. The van der Waals surface area contributed by atoms with Crippen LogP contribution in [-0.4, -0.2) is 17.0 Å². The molecule has 1 aliphatic rings. The third kappa shape index (κ3) is 3.16. The van der Waals surface area contributed by atoms with E-state index in [0.717, 1.165) is 29.5 Å². The summed E-state index contributed by atoms with van der Waals surface area (Å²) in [4.78, 5) is 24.7. The van der Waals surface area contributed by atoms with Crippen LogP contribution in [0.1, 0.15) is 32.5 Å². The van der Waals surface area contributed by atoms with Gasteiger partial charge in [0.1, 0.15) is 16.5 Å². The van der Waals surface area contributed by atoms with Gasteiger partial charge in [0.15, 0.2) is 0 Å². The smallest absolute Gasteiger partial charge is 0.346 e. The average molecular weight is 420 g/mol. The zero-order valence-corrected chi connectivity index (χ0v) is 15.7. The van der Waals surface area contributed by atoms with E-state index in [1.807, 2.05) is 0 Å². The number of rotatable bonds is 3. The second kappa shape index (κ2) is 7.00. The van der Waals surface area contributed by atoms with Crippen LogP contribution in [-0.2, 0) is 4.79 Å². The lowest BCUT2D eigenvalue weighted by molar-refractivity contribution is -0.116. The largest absolute Gasteiger partial charge is 0.477 e. The highest BCUT2D eigenvalue weighted by atomic mass is 35.5. The molecule has 2 heterocycles. The lowest BCUT2D eigenvalue weighted by atomic mass is 9.88. The maximum absolute atomic E-state index is 14.4. The summed E-state index contributed by atoms with van der Waals surface area (Å²) in [5, 5.41) is 12.9. The molecule has 8 heteroatoms. The van der Waals surface area contributed by atoms with Gasteiger partial charge in [-0.05, 0) is 41.5 Å². The van der Waals surface area contributed by atoms with Crippen molar-refractivity contribution in [2.24, 2.45) is 0 Å². The molecule has 2 aromatic carbocycles. The summed E-state index contributed by atoms with van der Waals surface area (Å²) in [6.45, 7) is 0. The van der Waals surface area contributed by atoms with Crippen LogP contribution in [0.2, 0.25) is 5.02 Å². The minimum atomic E-state index is -1.17. The highest BCUT2D eigenvalue weighted by Crippen LogP contribution is 2.49. The lowest BCUT2D eigenvalue weighted by Gasteiger charge is -2.24. The summed E-state index contributed by atoms with van der Waals surface area (Å²) < 4.78 is 28.1. The number of fused-ring (bicyclic) bond motifs is 1. The number of anilines is 1. The highest BCUT2D eigenvalue weighted by molar-refractivity contribution is 7.15. The fourth-order valence-electron chi connectivity index (χ4n) is 3.36. The number of carbonyl (C=O) groups excluding carboxylic acids is 1. The topological polar surface area (TPSA) is 66.4 Å². The van der Waals surface area contributed by atoms with Gasteiger partial charge in [-0.1, -0.05) is 23.7 Å². The number of halogens is 3. The van der Waals surface area contributed by atoms with Gasteiger partial charge in [-0.2, -0.15) is 0 Å². The van der Waals surface area contributed by atoms with Gasteiger partial charge >= 0.3 is 5.97 Å². The van der Waals surface area contributed by atoms with Gasteiger partial charge in [0.2, 0.25) is 5.91 Å². The molecule has 1 aromatic heterocycles. The van der Waals surface area contributed by atoms with E-state index >= 15 is 0 Å². The Morgan fingerprint density at radius 3 is 2.57 bits per heavy atom. The summed E-state index contributed by atoms with van der Waals surface area (Å²) in [5.74, 6) is -3.62. The zero-order chi connectivity index (χ0) is 20.0. The molecular formula is C20H12ClF2NO3S. The van der Waals surface area contributed by atoms with Crippen LogP contribution in [0.5, 0.6) is 0 Å². The summed E-state index contributed by atoms with van der Waals surface area (Å²) in [7, 11) is 0. The highest BCUT2D eigenvalue weighted by Gasteiger charge is 2.35. The van der Waals surface area contributed by atoms with Crippen LogP contribution in [0.3, 0.4) is 0 Å². The predicted molar refractivity (Wildman–Crippen MR) is 103 cm³/mol. The van der Waals surface area contributed by atoms with Crippen molar-refractivity contribution in [2.45, 2.75) is 12.3 Å². The molecule has 4 nitrogen and oxygen atoms in total. The van der Waals surface area contributed by atoms with Gasteiger partial charge in [0.25, 0.3) is 0 Å². The first-order valence-corrected chi connectivity index (χ1v) is 9.45. The van der Waals surface area contributed by atoms with E-state index in [-0.39, 0.29) is 16.9 Å². The second-order valence-electron chi connectivity index (χ2n) is 6.33. The number of hydrogen-bond acceptors (Lipinski definition) is 3. The van der Waals surface area contributed by atoms with Gasteiger partial charge in [-0.25, -0.2) is 13.6 Å². The molecule has 1 unspecified atom stereocenters. The van der Waals surface area contributed by atoms with E-state index in [1.54, 1.807) is 24.3 Å². The standard InChI is InChI=1S/C20H12ClF2NO3S/c21-10-3-1-9(2-4-10)16-17-18(28-19(16)20(26)27)13(8-15(25)24-17)12-7-11(22)5-6-14(12)23/h1-7,13H,8H2,(H,24,25)(H,26,27). The first-order chi connectivity index (χ1) is 13.3. The lowest BCUT2D eigenvalue weighted by Crippen LogP contribution is -2.23. The van der Waals surface area contributed by atoms with Gasteiger partial charge < -0.3 is 10.4 Å². The molecule has 0 saturated carbocycles. The van der Waals surface area contributed by atoms with Crippen molar-refractivity contribution < 1.29 is 23.5 Å². The Morgan fingerprint density at radius 1 is 1.18 bits per heavy atom. The Bertz CT molecular complexity index is 1110. The maximum atomic E-state index is 14.4. The van der Waals surface area contributed by atoms with Crippen molar-refractivity contribution in [3.05, 3.63) is 74.4 Å². The number of carboxylic acid groups (broad SMARTS) is 1. The number of benzene rings is 2. The maximum Gasteiger partial charge on any atom is 0.346 e. The van der Waals surface area contributed by atoms with Crippen LogP contribution >= 0.6 is 22.9 Å². The van der Waals surface area contributed by atoms with E-state index < -0.39 is 29.4 Å². The number of nitrogens with one attached hydrogen (secondary N) is 1. The van der Waals surface area contributed by atoms with Crippen molar-refractivity contribution in [3.63, 3.8) is 0 Å². The molecule has 0 bridgehead atoms. The van der Waals surface area contributed by atoms with Crippen molar-refractivity contribution in [1.29, 1.82) is 0 Å². The Labute approximate surface area is 167 Å². The molecule has 4 rings (SSSR count). The summed E-state index contributed by atoms with van der Waals surface area (Å²) >= 11 is 6.87. The number of thiophene rings is 1. The molecule has 0 saturated heterocycles. The van der Waals surface area contributed by atoms with Crippen LogP contribution in [0.4, 0.5) is 14.5 Å². The Morgan fingerprint density at radius 2 is 1.89 bits per heavy atom. The zero-order valence-electron chi connectivity index (χ0n) is 14.1. The molecule has 28 heavy (non-hydrogen) atoms. The Kier molecular flexibility index (Phi) is 4.64. The summed E-state index contributed by atoms with van der Waals surface area (Å²) in [6.07, 6.45) is -0.104. The number of carboxylic acids is 1. The first kappa shape index (κ1) is 18.6. The van der Waals surface area contributed by atoms with Gasteiger partial charge in [0, 0.05) is 27.8 Å². The predicted octanol–water partition coefficient (Wildman–Crippen LogP) is 5.52. The van der Waals surface area contributed by atoms with Gasteiger partial charge in [0.05, 0.1) is 5.69 Å². The van der Waals surface area contributed by atoms with Crippen molar-refractivity contribution in [2.75, 3.05) is 5.32 Å². The molecule has 3 aromatic rings. The van der Waals surface area contributed by atoms with Crippen LogP contribution in [0.15, 0.2) is 42.5 Å². The molecule has 1 atom stereocenters. The fourth-order valence-corrected chi connectivity index (χ4v) is 4.73. The Balaban J connectivity index is 1.96. The molecule has 2 N–H and O–H groups in total. The molecule has 0 radical (unpaired) electrons. The molecule has 142 valence electrons. The molecule has 1 aliphatic heterocycles. The fraction of sp³-hybridized carbons (Fsp3) is 0.100. The average Bonchev–Trinajstić information content (AvgIpc) is 3.03. The van der Waals surface area contributed by atoms with E-state index in [1.165, 1.54) is 0 Å². The van der Waals surface area contributed by atoms with E-state index in [0.29, 0.717) is 26.7 Å². The first-order valence-electron chi connectivity index (χ1n) is 8.26. The van der Waals surface area contributed by atoms with Gasteiger partial charge in [-0.3, -0.25) is 4.79 Å². The Hall–Kier alpha value is -2.77. The third-order valence-corrected chi connectivity index (χ3v) is 6.11. The van der Waals surface area contributed by atoms with Crippen molar-refractivity contribution in [3.8, 4) is 11.1 Å². The summed E-state index contributed by atoms with van der Waals surface area (Å²) in [5.41, 5.74) is 1.23. The molecule has 1 amide bonds. The van der Waals surface area contributed by atoms with E-state index in [9.17, 15) is 23.5 Å². The van der Waals surface area contributed by atoms with Crippen LogP contribution in [0.25, 0.3) is 11.1 Å². The number of hydrogen-bond donors (Lipinski definition) is 2. The third-order valence-electron chi connectivity index (χ3n) is 4.57. The number of amides is 1. The SMILES string of the molecule is O=C1CC(c2cc(F)ccc2F)c2sc(C(=O)O)c(-c3ccc(Cl)cc3)c2N1. The number of carbonyl (C=O) groups is 2. The second-order valence-corrected chi connectivity index (χ2v) is 7.82. The van der Waals surface area contributed by atoms with E-state index in [2.05, 4.69) is 5.32 Å². The summed E-state index contributed by atoms with van der Waals surface area (Å²) in [6, 6.07) is 9.57. The van der Waals surface area contributed by atoms with E-state index in [4.69, 9.17) is 11.6 Å². The molecule has 0 fully saturated rings. The van der Waals surface area contributed by atoms with Crippen LogP contribution in [0, 0.1) is 11.6 Å². The quantitative estimate of drug-likeness (QED) is 0.587. The van der Waals surface area contributed by atoms with Crippen molar-refractivity contribution in [1.82, 2.24) is 0 Å². The minimum absolute atomic E-state index is 0.0105. The van der Waals surface area contributed by atoms with Crippen molar-refractivity contribution >= 4 is 40.5 Å². The van der Waals surface area contributed by atoms with Gasteiger partial charge in [-0.15, -0.1) is 11.3 Å². The van der Waals surface area contributed by atoms with Crippen LogP contribution < -0.4 is 5.32 Å². The normalized spacial score (nSPS) is 15.8. The minimum Gasteiger partial charge on any atom is -0.477 e. The molecule has 0 spiro atoms.